The Morgan fingerprint density at radius 2 is 2.30 bits per heavy atom. The lowest BCUT2D eigenvalue weighted by Crippen LogP contribution is -2.31. The Kier molecular flexibility index (Phi) is 3.82. The fourth-order valence-electron chi connectivity index (χ4n) is 2.00. The van der Waals surface area contributed by atoms with Gasteiger partial charge in [0.05, 0.1) is 11.9 Å². The molecular weight excluding hydrogens is 272 g/mol. The first kappa shape index (κ1) is 13.3. The highest BCUT2D eigenvalue weighted by atomic mass is 32.1. The summed E-state index contributed by atoms with van der Waals surface area (Å²) in [6.07, 6.45) is 3.28. The highest BCUT2D eigenvalue weighted by Gasteiger charge is 2.21. The third-order valence-corrected chi connectivity index (χ3v) is 4.20. The second kappa shape index (κ2) is 5.75. The fraction of sp³-hybridized carbons (Fsp3) is 0.500. The van der Waals surface area contributed by atoms with E-state index in [0.717, 1.165) is 34.8 Å². The van der Waals surface area contributed by atoms with Crippen LogP contribution in [0, 0.1) is 5.92 Å². The molecule has 0 aromatic carbocycles. The Morgan fingerprint density at radius 3 is 3.05 bits per heavy atom. The van der Waals surface area contributed by atoms with Gasteiger partial charge in [0.1, 0.15) is 16.5 Å². The van der Waals surface area contributed by atoms with Crippen molar-refractivity contribution in [2.75, 3.05) is 18.4 Å². The molecule has 0 spiro atoms. The topological polar surface area (TPSA) is 66.9 Å². The zero-order valence-electron chi connectivity index (χ0n) is 11.5. The third kappa shape index (κ3) is 3.07. The maximum Gasteiger partial charge on any atom is 0.239 e. The van der Waals surface area contributed by atoms with Crippen LogP contribution in [0.3, 0.4) is 0 Å². The Labute approximate surface area is 121 Å². The van der Waals surface area contributed by atoms with Crippen LogP contribution in [-0.4, -0.2) is 29.0 Å². The predicted octanol–water partition coefficient (Wildman–Crippen LogP) is 2.19. The van der Waals surface area contributed by atoms with E-state index in [1.54, 1.807) is 11.3 Å². The van der Waals surface area contributed by atoms with Crippen molar-refractivity contribution in [2.45, 2.75) is 26.2 Å². The average Bonchev–Trinajstić information content (AvgIpc) is 3.17. The minimum atomic E-state index is 0.0249. The van der Waals surface area contributed by atoms with Gasteiger partial charge in [-0.3, -0.25) is 4.79 Å². The van der Waals surface area contributed by atoms with Crippen LogP contribution in [0.15, 0.2) is 11.4 Å². The first-order valence-electron chi connectivity index (χ1n) is 7.01. The molecule has 2 aromatic heterocycles. The van der Waals surface area contributed by atoms with Crippen molar-refractivity contribution in [3.63, 3.8) is 0 Å². The van der Waals surface area contributed by atoms with Crippen LogP contribution in [0.4, 0.5) is 5.82 Å². The number of rotatable bonds is 6. The second-order valence-corrected chi connectivity index (χ2v) is 5.98. The minimum absolute atomic E-state index is 0.0249. The molecule has 6 heteroatoms. The third-order valence-electron chi connectivity index (χ3n) is 3.39. The molecule has 1 saturated carbocycles. The number of anilines is 1. The number of hydrogen-bond acceptors (Lipinski definition) is 5. The SMILES string of the molecule is CCc1nc(NCC(=O)NCC2CC2)c2ccsc2n1. The Hall–Kier alpha value is -1.69. The number of thiophene rings is 1. The van der Waals surface area contributed by atoms with Crippen LogP contribution in [0.25, 0.3) is 10.2 Å². The van der Waals surface area contributed by atoms with Gasteiger partial charge in [-0.05, 0) is 30.2 Å². The van der Waals surface area contributed by atoms with Crippen LogP contribution in [0.1, 0.15) is 25.6 Å². The molecule has 3 rings (SSSR count). The van der Waals surface area contributed by atoms with Crippen LogP contribution < -0.4 is 10.6 Å². The number of aromatic nitrogens is 2. The van der Waals surface area contributed by atoms with Crippen molar-refractivity contribution in [2.24, 2.45) is 5.92 Å². The molecule has 5 nitrogen and oxygen atoms in total. The minimum Gasteiger partial charge on any atom is -0.360 e. The van der Waals surface area contributed by atoms with Gasteiger partial charge in [0, 0.05) is 13.0 Å². The maximum absolute atomic E-state index is 11.8. The Balaban J connectivity index is 1.66. The van der Waals surface area contributed by atoms with Crippen molar-refractivity contribution in [1.29, 1.82) is 0 Å². The smallest absolute Gasteiger partial charge is 0.239 e. The van der Waals surface area contributed by atoms with E-state index in [4.69, 9.17) is 0 Å². The van der Waals surface area contributed by atoms with E-state index in [1.165, 1.54) is 12.8 Å². The number of hydrogen-bond donors (Lipinski definition) is 2. The summed E-state index contributed by atoms with van der Waals surface area (Å²) in [5, 5.41) is 9.06. The highest BCUT2D eigenvalue weighted by Crippen LogP contribution is 2.27. The molecule has 2 aromatic rings. The monoisotopic (exact) mass is 290 g/mol. The molecule has 0 bridgehead atoms. The van der Waals surface area contributed by atoms with E-state index < -0.39 is 0 Å². The summed E-state index contributed by atoms with van der Waals surface area (Å²) in [6.45, 7) is 3.09. The molecule has 106 valence electrons. The van der Waals surface area contributed by atoms with Gasteiger partial charge in [-0.1, -0.05) is 6.92 Å². The van der Waals surface area contributed by atoms with Crippen LogP contribution >= 0.6 is 11.3 Å². The molecule has 1 aliphatic rings. The number of carbonyl (C=O) groups excluding carboxylic acids is 1. The zero-order chi connectivity index (χ0) is 13.9. The number of nitrogens with one attached hydrogen (secondary N) is 2. The molecule has 2 N–H and O–H groups in total. The van der Waals surface area contributed by atoms with E-state index in [0.29, 0.717) is 5.92 Å². The first-order chi connectivity index (χ1) is 9.76. The van der Waals surface area contributed by atoms with Crippen molar-refractivity contribution < 1.29 is 4.79 Å². The largest absolute Gasteiger partial charge is 0.360 e. The van der Waals surface area contributed by atoms with Crippen LogP contribution in [-0.2, 0) is 11.2 Å². The maximum atomic E-state index is 11.8. The summed E-state index contributed by atoms with van der Waals surface area (Å²) in [5.74, 6) is 2.29. The first-order valence-corrected chi connectivity index (χ1v) is 7.89. The van der Waals surface area contributed by atoms with Gasteiger partial charge in [-0.25, -0.2) is 9.97 Å². The van der Waals surface area contributed by atoms with E-state index in [-0.39, 0.29) is 12.5 Å². The number of aryl methyl sites for hydroxylation is 1. The molecular formula is C14H18N4OS. The molecule has 1 fully saturated rings. The molecule has 0 radical (unpaired) electrons. The standard InChI is InChI=1S/C14H18N4OS/c1-2-11-17-13(10-5-6-20-14(10)18-11)16-8-12(19)15-7-9-3-4-9/h5-6,9H,2-4,7-8H2,1H3,(H,15,19)(H,16,17,18). The number of carbonyl (C=O) groups is 1. The molecule has 0 unspecified atom stereocenters. The van der Waals surface area contributed by atoms with Gasteiger partial charge >= 0.3 is 0 Å². The summed E-state index contributed by atoms with van der Waals surface area (Å²) in [5.41, 5.74) is 0. The van der Waals surface area contributed by atoms with Gasteiger partial charge in [0.15, 0.2) is 0 Å². The predicted molar refractivity (Wildman–Crippen MR) is 81.0 cm³/mol. The van der Waals surface area contributed by atoms with Crippen LogP contribution in [0.5, 0.6) is 0 Å². The normalized spacial score (nSPS) is 14.4. The van der Waals surface area contributed by atoms with Gasteiger partial charge in [0.2, 0.25) is 5.91 Å². The van der Waals surface area contributed by atoms with E-state index >= 15 is 0 Å². The van der Waals surface area contributed by atoms with Crippen molar-refractivity contribution >= 4 is 33.3 Å². The lowest BCUT2D eigenvalue weighted by molar-refractivity contribution is -0.119. The van der Waals surface area contributed by atoms with E-state index in [9.17, 15) is 4.79 Å². The van der Waals surface area contributed by atoms with Crippen molar-refractivity contribution in [3.8, 4) is 0 Å². The molecule has 1 aliphatic carbocycles. The Morgan fingerprint density at radius 1 is 1.45 bits per heavy atom. The van der Waals surface area contributed by atoms with Gasteiger partial charge < -0.3 is 10.6 Å². The quantitative estimate of drug-likeness (QED) is 0.856. The summed E-state index contributed by atoms with van der Waals surface area (Å²) < 4.78 is 0. The average molecular weight is 290 g/mol. The number of fused-ring (bicyclic) bond motifs is 1. The van der Waals surface area contributed by atoms with Crippen molar-refractivity contribution in [1.82, 2.24) is 15.3 Å². The number of amides is 1. The van der Waals surface area contributed by atoms with Crippen molar-refractivity contribution in [3.05, 3.63) is 17.3 Å². The summed E-state index contributed by atoms with van der Waals surface area (Å²) in [7, 11) is 0. The summed E-state index contributed by atoms with van der Waals surface area (Å²) >= 11 is 1.60. The molecule has 2 heterocycles. The lowest BCUT2D eigenvalue weighted by Gasteiger charge is -2.08. The molecule has 20 heavy (non-hydrogen) atoms. The summed E-state index contributed by atoms with van der Waals surface area (Å²) in [6, 6.07) is 1.99. The van der Waals surface area contributed by atoms with Crippen LogP contribution in [0.2, 0.25) is 0 Å². The molecule has 0 atom stereocenters. The number of nitrogens with zero attached hydrogens (tertiary/aromatic N) is 2. The molecule has 0 aliphatic heterocycles. The lowest BCUT2D eigenvalue weighted by atomic mass is 10.3. The van der Waals surface area contributed by atoms with Gasteiger partial charge in [-0.15, -0.1) is 11.3 Å². The Bertz CT molecular complexity index is 621. The zero-order valence-corrected chi connectivity index (χ0v) is 12.3. The molecule has 0 saturated heterocycles. The van der Waals surface area contributed by atoms with E-state index in [1.807, 2.05) is 18.4 Å². The van der Waals surface area contributed by atoms with Gasteiger partial charge in [0.25, 0.3) is 0 Å². The van der Waals surface area contributed by atoms with E-state index in [2.05, 4.69) is 20.6 Å². The molecule has 1 amide bonds. The summed E-state index contributed by atoms with van der Waals surface area (Å²) in [4.78, 5) is 21.7. The highest BCUT2D eigenvalue weighted by molar-refractivity contribution is 7.16. The second-order valence-electron chi connectivity index (χ2n) is 5.08. The fourth-order valence-corrected chi connectivity index (χ4v) is 2.78. The van der Waals surface area contributed by atoms with Gasteiger partial charge in [-0.2, -0.15) is 0 Å².